The van der Waals surface area contributed by atoms with Gasteiger partial charge in [-0.3, -0.25) is 0 Å². The molecular formula is C10H5Cl2NO2S2. The molecule has 0 amide bonds. The van der Waals surface area contributed by atoms with Gasteiger partial charge in [0.25, 0.3) is 0 Å². The maximum atomic E-state index is 11.1. The fourth-order valence-electron chi connectivity index (χ4n) is 1.35. The molecule has 2 N–H and O–H groups in total. The number of rotatable bonds is 2. The van der Waals surface area contributed by atoms with Crippen LogP contribution in [0.4, 0.5) is 0 Å². The molecule has 0 unspecified atom stereocenters. The Morgan fingerprint density at radius 2 is 2.12 bits per heavy atom. The minimum atomic E-state index is -1.08. The average molecular weight is 306 g/mol. The van der Waals surface area contributed by atoms with Crippen LogP contribution in [-0.4, -0.2) is 16.1 Å². The minimum Gasteiger partial charge on any atom is -0.477 e. The number of aromatic nitrogens is 1. The van der Waals surface area contributed by atoms with Crippen molar-refractivity contribution in [3.63, 3.8) is 0 Å². The summed E-state index contributed by atoms with van der Waals surface area (Å²) in [6, 6.07) is 5.05. The first-order valence-corrected chi connectivity index (χ1v) is 6.39. The van der Waals surface area contributed by atoms with Crippen molar-refractivity contribution in [1.82, 2.24) is 4.98 Å². The number of thiazole rings is 1. The third-order valence-electron chi connectivity index (χ3n) is 2.06. The molecule has 1 aromatic carbocycles. The van der Waals surface area contributed by atoms with Gasteiger partial charge in [0, 0.05) is 5.56 Å². The summed E-state index contributed by atoms with van der Waals surface area (Å²) in [5, 5.41) is 9.75. The summed E-state index contributed by atoms with van der Waals surface area (Å²) >= 11 is 18.0. The van der Waals surface area contributed by atoms with Gasteiger partial charge in [-0.25, -0.2) is 4.79 Å². The van der Waals surface area contributed by atoms with E-state index in [2.05, 4.69) is 4.98 Å². The molecule has 3 nitrogen and oxygen atoms in total. The Bertz CT molecular complexity index is 648. The van der Waals surface area contributed by atoms with E-state index in [1.807, 2.05) is 0 Å². The Kier molecular flexibility index (Phi) is 3.53. The van der Waals surface area contributed by atoms with Crippen LogP contribution < -0.4 is 0 Å². The van der Waals surface area contributed by atoms with Gasteiger partial charge in [0.05, 0.1) is 14.9 Å². The smallest absolute Gasteiger partial charge is 0.353 e. The SMILES string of the molecule is O=C(O)c1[nH]c(=S)sc1-c1cccc(Cl)c1Cl. The van der Waals surface area contributed by atoms with Gasteiger partial charge in [-0.2, -0.15) is 0 Å². The Hall–Kier alpha value is -0.880. The van der Waals surface area contributed by atoms with Gasteiger partial charge in [0.1, 0.15) is 5.69 Å². The van der Waals surface area contributed by atoms with Gasteiger partial charge in [-0.05, 0) is 18.3 Å². The van der Waals surface area contributed by atoms with Crippen molar-refractivity contribution >= 4 is 52.7 Å². The van der Waals surface area contributed by atoms with Crippen LogP contribution in [0, 0.1) is 3.95 Å². The van der Waals surface area contributed by atoms with Crippen LogP contribution in [0.25, 0.3) is 10.4 Å². The van der Waals surface area contributed by atoms with Gasteiger partial charge >= 0.3 is 5.97 Å². The standard InChI is InChI=1S/C10H5Cl2NO2S2/c11-5-3-1-2-4(6(5)12)8-7(9(14)15)13-10(16)17-8/h1-3H,(H,13,16)(H,14,15). The van der Waals surface area contributed by atoms with Crippen molar-refractivity contribution in [2.45, 2.75) is 0 Å². The first kappa shape index (κ1) is 12.6. The van der Waals surface area contributed by atoms with E-state index in [9.17, 15) is 4.79 Å². The molecule has 1 aromatic heterocycles. The lowest BCUT2D eigenvalue weighted by Crippen LogP contribution is -1.98. The lowest BCUT2D eigenvalue weighted by molar-refractivity contribution is 0.0692. The molecule has 0 fully saturated rings. The van der Waals surface area contributed by atoms with Crippen LogP contribution in [0.3, 0.4) is 0 Å². The van der Waals surface area contributed by atoms with E-state index in [1.165, 1.54) is 0 Å². The Morgan fingerprint density at radius 1 is 1.41 bits per heavy atom. The van der Waals surface area contributed by atoms with Gasteiger partial charge < -0.3 is 10.1 Å². The summed E-state index contributed by atoms with van der Waals surface area (Å²) < 4.78 is 0.383. The summed E-state index contributed by atoms with van der Waals surface area (Å²) in [6.45, 7) is 0. The number of carboxylic acid groups (broad SMARTS) is 1. The predicted octanol–water partition coefficient (Wildman–Crippen LogP) is 4.48. The van der Waals surface area contributed by atoms with Gasteiger partial charge in [-0.15, -0.1) is 11.3 Å². The quantitative estimate of drug-likeness (QED) is 0.804. The molecule has 88 valence electrons. The van der Waals surface area contributed by atoms with E-state index >= 15 is 0 Å². The highest BCUT2D eigenvalue weighted by molar-refractivity contribution is 7.73. The first-order chi connectivity index (χ1) is 8.00. The van der Waals surface area contributed by atoms with Gasteiger partial charge in [0.15, 0.2) is 3.95 Å². The molecule has 0 aliphatic carbocycles. The number of aromatic carboxylic acids is 1. The number of hydrogen-bond donors (Lipinski definition) is 2. The molecule has 0 saturated heterocycles. The zero-order valence-corrected chi connectivity index (χ0v) is 11.3. The highest BCUT2D eigenvalue weighted by atomic mass is 35.5. The molecule has 2 rings (SSSR count). The van der Waals surface area contributed by atoms with Gasteiger partial charge in [0.2, 0.25) is 0 Å². The minimum absolute atomic E-state index is 0.0316. The van der Waals surface area contributed by atoms with E-state index in [-0.39, 0.29) is 5.69 Å². The van der Waals surface area contributed by atoms with E-state index in [1.54, 1.807) is 18.2 Å². The number of halogens is 2. The second-order valence-electron chi connectivity index (χ2n) is 3.13. The van der Waals surface area contributed by atoms with E-state index < -0.39 is 5.97 Å². The lowest BCUT2D eigenvalue weighted by Gasteiger charge is -2.03. The number of nitrogens with one attached hydrogen (secondary N) is 1. The van der Waals surface area contributed by atoms with Crippen LogP contribution in [-0.2, 0) is 0 Å². The average Bonchev–Trinajstić information content (AvgIpc) is 2.64. The molecule has 0 atom stereocenters. The highest BCUT2D eigenvalue weighted by Gasteiger charge is 2.18. The summed E-state index contributed by atoms with van der Waals surface area (Å²) in [4.78, 5) is 14.2. The Morgan fingerprint density at radius 3 is 2.76 bits per heavy atom. The van der Waals surface area contributed by atoms with E-state index in [0.717, 1.165) is 11.3 Å². The predicted molar refractivity (Wildman–Crippen MR) is 71.9 cm³/mol. The zero-order chi connectivity index (χ0) is 12.6. The third-order valence-corrected chi connectivity index (χ3v) is 4.15. The maximum Gasteiger partial charge on any atom is 0.353 e. The Labute approximate surface area is 116 Å². The molecule has 0 spiro atoms. The highest BCUT2D eigenvalue weighted by Crippen LogP contribution is 2.37. The summed E-state index contributed by atoms with van der Waals surface area (Å²) in [7, 11) is 0. The summed E-state index contributed by atoms with van der Waals surface area (Å²) in [5.41, 5.74) is 0.595. The largest absolute Gasteiger partial charge is 0.477 e. The van der Waals surface area contributed by atoms with Crippen LogP contribution >= 0.6 is 46.8 Å². The normalized spacial score (nSPS) is 10.5. The lowest BCUT2D eigenvalue weighted by atomic mass is 10.1. The molecule has 0 aliphatic rings. The molecule has 0 saturated carbocycles. The Balaban J connectivity index is 2.72. The van der Waals surface area contributed by atoms with E-state index in [0.29, 0.717) is 24.4 Å². The van der Waals surface area contributed by atoms with Crippen molar-refractivity contribution in [3.05, 3.63) is 37.9 Å². The molecule has 0 radical (unpaired) electrons. The number of benzene rings is 1. The molecule has 2 aromatic rings. The van der Waals surface area contributed by atoms with Crippen molar-refractivity contribution < 1.29 is 9.90 Å². The molecule has 0 bridgehead atoms. The van der Waals surface area contributed by atoms with Crippen molar-refractivity contribution in [1.29, 1.82) is 0 Å². The molecule has 7 heteroatoms. The molecule has 17 heavy (non-hydrogen) atoms. The summed E-state index contributed by atoms with van der Waals surface area (Å²) in [6.07, 6.45) is 0. The van der Waals surface area contributed by atoms with E-state index in [4.69, 9.17) is 40.5 Å². The number of H-pyrrole nitrogens is 1. The van der Waals surface area contributed by atoms with Crippen LogP contribution in [0.1, 0.15) is 10.5 Å². The fourth-order valence-corrected chi connectivity index (χ4v) is 3.01. The zero-order valence-electron chi connectivity index (χ0n) is 8.16. The maximum absolute atomic E-state index is 11.1. The molecule has 0 aliphatic heterocycles. The number of carboxylic acids is 1. The second-order valence-corrected chi connectivity index (χ2v) is 5.60. The van der Waals surface area contributed by atoms with Crippen LogP contribution in [0.15, 0.2) is 18.2 Å². The number of hydrogen-bond acceptors (Lipinski definition) is 3. The van der Waals surface area contributed by atoms with Crippen molar-refractivity contribution in [2.75, 3.05) is 0 Å². The van der Waals surface area contributed by atoms with Gasteiger partial charge in [-0.1, -0.05) is 35.3 Å². The number of aromatic amines is 1. The first-order valence-electron chi connectivity index (χ1n) is 4.41. The third kappa shape index (κ3) is 2.37. The van der Waals surface area contributed by atoms with Crippen LogP contribution in [0.2, 0.25) is 10.0 Å². The fraction of sp³-hybridized carbons (Fsp3) is 0. The van der Waals surface area contributed by atoms with Crippen LogP contribution in [0.5, 0.6) is 0 Å². The monoisotopic (exact) mass is 305 g/mol. The number of carbonyl (C=O) groups is 1. The van der Waals surface area contributed by atoms with Crippen molar-refractivity contribution in [3.8, 4) is 10.4 Å². The molecular weight excluding hydrogens is 301 g/mol. The topological polar surface area (TPSA) is 53.1 Å². The summed E-state index contributed by atoms with van der Waals surface area (Å²) in [5.74, 6) is -1.08. The van der Waals surface area contributed by atoms with Crippen molar-refractivity contribution in [2.24, 2.45) is 0 Å². The molecule has 1 heterocycles. The second kappa shape index (κ2) is 4.78.